The molecule has 0 aromatic carbocycles. The van der Waals surface area contributed by atoms with Gasteiger partial charge in [0.05, 0.1) is 12.6 Å². The minimum atomic E-state index is -0.308. The second-order valence-electron chi connectivity index (χ2n) is 8.03. The summed E-state index contributed by atoms with van der Waals surface area (Å²) in [6, 6.07) is 1.71. The maximum absolute atomic E-state index is 12.5. The lowest BCUT2D eigenvalue weighted by Gasteiger charge is -2.30. The lowest BCUT2D eigenvalue weighted by atomic mass is 10.0. The Morgan fingerprint density at radius 3 is 2.76 bits per heavy atom. The monoisotopic (exact) mass is 350 g/mol. The summed E-state index contributed by atoms with van der Waals surface area (Å²) >= 11 is 0. The van der Waals surface area contributed by atoms with Crippen LogP contribution in [0.4, 0.5) is 0 Å². The van der Waals surface area contributed by atoms with Crippen LogP contribution in [0.15, 0.2) is 10.6 Å². The van der Waals surface area contributed by atoms with Crippen molar-refractivity contribution in [1.29, 1.82) is 0 Å². The van der Waals surface area contributed by atoms with Crippen LogP contribution in [0.2, 0.25) is 0 Å². The van der Waals surface area contributed by atoms with Gasteiger partial charge in [-0.05, 0) is 59.2 Å². The van der Waals surface area contributed by atoms with E-state index in [-0.39, 0.29) is 17.6 Å². The molecule has 2 aliphatic rings. The summed E-state index contributed by atoms with van der Waals surface area (Å²) in [6.45, 7) is 9.29. The first kappa shape index (κ1) is 18.4. The maximum atomic E-state index is 12.5. The zero-order valence-corrected chi connectivity index (χ0v) is 15.3. The summed E-state index contributed by atoms with van der Waals surface area (Å²) in [7, 11) is 0. The third kappa shape index (κ3) is 5.26. The number of carbonyl (C=O) groups excluding carboxylic acids is 1. The first-order chi connectivity index (χ1) is 11.9. The van der Waals surface area contributed by atoms with Gasteiger partial charge in [-0.3, -0.25) is 9.69 Å². The fourth-order valence-corrected chi connectivity index (χ4v) is 3.80. The highest BCUT2D eigenvalue weighted by Crippen LogP contribution is 2.16. The van der Waals surface area contributed by atoms with Gasteiger partial charge >= 0.3 is 0 Å². The van der Waals surface area contributed by atoms with E-state index in [1.807, 2.05) is 13.8 Å². The van der Waals surface area contributed by atoms with E-state index in [0.717, 1.165) is 39.0 Å². The number of amides is 1. The molecule has 2 saturated heterocycles. The molecule has 3 heterocycles. The Kier molecular flexibility index (Phi) is 5.76. The summed E-state index contributed by atoms with van der Waals surface area (Å²) < 4.78 is 5.33. The quantitative estimate of drug-likeness (QED) is 0.803. The van der Waals surface area contributed by atoms with E-state index in [9.17, 15) is 9.90 Å². The van der Waals surface area contributed by atoms with Crippen molar-refractivity contribution in [2.75, 3.05) is 32.7 Å². The Morgan fingerprint density at radius 1 is 1.32 bits per heavy atom. The largest absolute Gasteiger partial charge is 0.392 e. The predicted octanol–water partition coefficient (Wildman–Crippen LogP) is 1.24. The third-order valence-corrected chi connectivity index (χ3v) is 4.92. The van der Waals surface area contributed by atoms with Gasteiger partial charge in [-0.25, -0.2) is 0 Å². The average molecular weight is 350 g/mol. The Labute approximate surface area is 149 Å². The lowest BCUT2D eigenvalue weighted by molar-refractivity contribution is 0.0622. The van der Waals surface area contributed by atoms with Crippen LogP contribution in [-0.2, 0) is 6.54 Å². The number of rotatable bonds is 6. The average Bonchev–Trinajstić information content (AvgIpc) is 3.18. The zero-order chi connectivity index (χ0) is 17.9. The number of hydrogen-bond donors (Lipinski definition) is 2. The topological polar surface area (TPSA) is 81.8 Å². The molecule has 0 aliphatic carbocycles. The van der Waals surface area contributed by atoms with Crippen molar-refractivity contribution in [3.63, 3.8) is 0 Å². The molecule has 1 aromatic rings. The van der Waals surface area contributed by atoms with E-state index >= 15 is 0 Å². The lowest BCUT2D eigenvalue weighted by Crippen LogP contribution is -2.51. The molecule has 2 aliphatic heterocycles. The minimum absolute atomic E-state index is 0.196. The molecule has 0 spiro atoms. The van der Waals surface area contributed by atoms with E-state index in [1.54, 1.807) is 6.07 Å². The number of β-amino-alcohol motifs (C(OH)–C–C–N with tert-alkyl or cyclic N) is 1. The van der Waals surface area contributed by atoms with Crippen molar-refractivity contribution in [2.24, 2.45) is 0 Å². The molecule has 7 heteroatoms. The van der Waals surface area contributed by atoms with Crippen LogP contribution in [0.3, 0.4) is 0 Å². The molecular weight excluding hydrogens is 320 g/mol. The number of carbonyl (C=O) groups is 1. The zero-order valence-electron chi connectivity index (χ0n) is 15.3. The van der Waals surface area contributed by atoms with E-state index < -0.39 is 0 Å². The summed E-state index contributed by atoms with van der Waals surface area (Å²) in [5.41, 5.74) is 0.0133. The number of aliphatic hydroxyl groups is 1. The highest BCUT2D eigenvalue weighted by Gasteiger charge is 2.27. The first-order valence-corrected chi connectivity index (χ1v) is 9.32. The molecule has 1 amide bonds. The Balaban J connectivity index is 1.52. The van der Waals surface area contributed by atoms with Crippen molar-refractivity contribution in [3.05, 3.63) is 17.5 Å². The Bertz CT molecular complexity index is 581. The van der Waals surface area contributed by atoms with Crippen molar-refractivity contribution < 1.29 is 14.4 Å². The van der Waals surface area contributed by atoms with Gasteiger partial charge in [0.15, 0.2) is 11.5 Å². The first-order valence-electron chi connectivity index (χ1n) is 9.32. The van der Waals surface area contributed by atoms with Crippen LogP contribution in [0.5, 0.6) is 0 Å². The molecule has 25 heavy (non-hydrogen) atoms. The summed E-state index contributed by atoms with van der Waals surface area (Å²) in [4.78, 5) is 17.0. The molecule has 0 bridgehead atoms. The van der Waals surface area contributed by atoms with Gasteiger partial charge in [0.2, 0.25) is 0 Å². The van der Waals surface area contributed by atoms with E-state index in [2.05, 4.69) is 20.3 Å². The van der Waals surface area contributed by atoms with Crippen molar-refractivity contribution in [2.45, 2.75) is 57.7 Å². The number of hydrogen-bond acceptors (Lipinski definition) is 6. The van der Waals surface area contributed by atoms with Crippen molar-refractivity contribution in [1.82, 2.24) is 20.3 Å². The smallest absolute Gasteiger partial charge is 0.273 e. The summed E-state index contributed by atoms with van der Waals surface area (Å²) in [5.74, 6) is 0.467. The van der Waals surface area contributed by atoms with Crippen LogP contribution in [0, 0.1) is 0 Å². The van der Waals surface area contributed by atoms with E-state index in [4.69, 9.17) is 4.52 Å². The molecule has 0 saturated carbocycles. The van der Waals surface area contributed by atoms with Crippen molar-refractivity contribution in [3.8, 4) is 0 Å². The number of nitrogens with zero attached hydrogens (tertiary/aromatic N) is 3. The highest BCUT2D eigenvalue weighted by atomic mass is 16.5. The van der Waals surface area contributed by atoms with Crippen LogP contribution in [0.1, 0.15) is 55.8 Å². The van der Waals surface area contributed by atoms with E-state index in [1.165, 1.54) is 12.8 Å². The van der Waals surface area contributed by atoms with Gasteiger partial charge in [-0.2, -0.15) is 0 Å². The molecule has 140 valence electrons. The molecule has 0 unspecified atom stereocenters. The number of piperidine rings is 1. The van der Waals surface area contributed by atoms with Crippen LogP contribution < -0.4 is 5.32 Å². The summed E-state index contributed by atoms with van der Waals surface area (Å²) in [5, 5.41) is 16.7. The van der Waals surface area contributed by atoms with Gasteiger partial charge in [0, 0.05) is 24.7 Å². The van der Waals surface area contributed by atoms with Gasteiger partial charge in [0.1, 0.15) is 0 Å². The van der Waals surface area contributed by atoms with Crippen LogP contribution >= 0.6 is 0 Å². The molecule has 2 N–H and O–H groups in total. The standard InChI is InChI=1S/C18H30N4O3/c1-18(2,13-21-7-3-4-8-21)19-17(24)16-10-15(25-20-16)12-22-9-5-6-14(23)11-22/h10,14,23H,3-9,11-13H2,1-2H3,(H,19,24)/t14-/m1/s1. The van der Waals surface area contributed by atoms with Gasteiger partial charge < -0.3 is 19.8 Å². The van der Waals surface area contributed by atoms with Crippen LogP contribution in [0.25, 0.3) is 0 Å². The molecule has 2 fully saturated rings. The number of aliphatic hydroxyl groups excluding tert-OH is 1. The normalized spacial score (nSPS) is 23.1. The number of likely N-dealkylation sites (tertiary alicyclic amines) is 2. The highest BCUT2D eigenvalue weighted by molar-refractivity contribution is 5.92. The maximum Gasteiger partial charge on any atom is 0.273 e. The number of nitrogens with one attached hydrogen (secondary N) is 1. The van der Waals surface area contributed by atoms with Gasteiger partial charge in [-0.1, -0.05) is 5.16 Å². The second kappa shape index (κ2) is 7.85. The SMILES string of the molecule is CC(C)(CN1CCCC1)NC(=O)c1cc(CN2CCC[C@@H](O)C2)on1. The molecule has 7 nitrogen and oxygen atoms in total. The summed E-state index contributed by atoms with van der Waals surface area (Å²) in [6.07, 6.45) is 4.04. The van der Waals surface area contributed by atoms with Gasteiger partial charge in [0.25, 0.3) is 5.91 Å². The Hall–Kier alpha value is -1.44. The number of aromatic nitrogens is 1. The molecule has 3 rings (SSSR count). The van der Waals surface area contributed by atoms with Crippen molar-refractivity contribution >= 4 is 5.91 Å². The van der Waals surface area contributed by atoms with Gasteiger partial charge in [-0.15, -0.1) is 0 Å². The fourth-order valence-electron chi connectivity index (χ4n) is 3.80. The molecule has 1 atom stereocenters. The Morgan fingerprint density at radius 2 is 2.04 bits per heavy atom. The predicted molar refractivity (Wildman–Crippen MR) is 94.2 cm³/mol. The van der Waals surface area contributed by atoms with E-state index in [0.29, 0.717) is 24.5 Å². The third-order valence-electron chi connectivity index (χ3n) is 4.92. The molecule has 0 radical (unpaired) electrons. The fraction of sp³-hybridized carbons (Fsp3) is 0.778. The minimum Gasteiger partial charge on any atom is -0.392 e. The molecule has 1 aromatic heterocycles. The van der Waals surface area contributed by atoms with Crippen LogP contribution in [-0.4, -0.2) is 70.3 Å². The second-order valence-corrected chi connectivity index (χ2v) is 8.03. The molecular formula is C18H30N4O3.